The standard InChI is InChI=1S/C20H28N4O4S/c1-4-13(2)21-19(25)14(3)22-20(26)15-9-11-24(12-10-15)18-16-7-5-6-8-17(16)29(27,28)23-18/h5-8,13-15H,4,9-12H2,1-3H3,(H,21,25)(H,22,26). The van der Waals surface area contributed by atoms with Crippen molar-refractivity contribution in [2.45, 2.75) is 57.0 Å². The van der Waals surface area contributed by atoms with Gasteiger partial charge in [0.25, 0.3) is 10.0 Å². The SMILES string of the molecule is CCC(C)NC(=O)C(C)NC(=O)C1CCN(C2=NS(=O)(=O)c3ccccc32)CC1. The van der Waals surface area contributed by atoms with Gasteiger partial charge in [0, 0.05) is 30.6 Å². The van der Waals surface area contributed by atoms with Crippen molar-refractivity contribution in [2.75, 3.05) is 13.1 Å². The Labute approximate surface area is 171 Å². The van der Waals surface area contributed by atoms with Crippen LogP contribution in [0.2, 0.25) is 0 Å². The molecule has 0 aliphatic carbocycles. The number of nitrogens with zero attached hydrogens (tertiary/aromatic N) is 2. The molecule has 0 bridgehead atoms. The molecule has 8 nitrogen and oxygen atoms in total. The first kappa shape index (κ1) is 21.3. The van der Waals surface area contributed by atoms with Gasteiger partial charge in [-0.2, -0.15) is 8.42 Å². The lowest BCUT2D eigenvalue weighted by atomic mass is 9.95. The Kier molecular flexibility index (Phi) is 6.26. The summed E-state index contributed by atoms with van der Waals surface area (Å²) in [4.78, 5) is 26.8. The number of sulfonamides is 1. The molecule has 3 rings (SSSR count). The Balaban J connectivity index is 1.57. The van der Waals surface area contributed by atoms with E-state index in [4.69, 9.17) is 0 Å². The smallest absolute Gasteiger partial charge is 0.285 e. The minimum atomic E-state index is -3.65. The molecular weight excluding hydrogens is 392 g/mol. The van der Waals surface area contributed by atoms with Gasteiger partial charge in [-0.25, -0.2) is 0 Å². The number of benzene rings is 1. The highest BCUT2D eigenvalue weighted by molar-refractivity contribution is 7.90. The molecule has 158 valence electrons. The Hall–Kier alpha value is -2.42. The molecule has 0 radical (unpaired) electrons. The van der Waals surface area contributed by atoms with Crippen LogP contribution in [0.15, 0.2) is 33.6 Å². The first-order valence-electron chi connectivity index (χ1n) is 10.0. The van der Waals surface area contributed by atoms with E-state index in [0.717, 1.165) is 6.42 Å². The van der Waals surface area contributed by atoms with E-state index < -0.39 is 16.1 Å². The largest absolute Gasteiger partial charge is 0.355 e. The van der Waals surface area contributed by atoms with Crippen molar-refractivity contribution in [2.24, 2.45) is 10.3 Å². The van der Waals surface area contributed by atoms with Gasteiger partial charge in [0.2, 0.25) is 11.8 Å². The first-order chi connectivity index (χ1) is 13.7. The van der Waals surface area contributed by atoms with Gasteiger partial charge in [-0.15, -0.1) is 4.40 Å². The predicted octanol–water partition coefficient (Wildman–Crippen LogP) is 1.27. The van der Waals surface area contributed by atoms with E-state index >= 15 is 0 Å². The van der Waals surface area contributed by atoms with Crippen molar-refractivity contribution >= 4 is 27.7 Å². The molecule has 0 aromatic heterocycles. The number of hydrogen-bond acceptors (Lipinski definition) is 5. The van der Waals surface area contributed by atoms with E-state index in [2.05, 4.69) is 15.0 Å². The lowest BCUT2D eigenvalue weighted by Crippen LogP contribution is -2.50. The van der Waals surface area contributed by atoms with Gasteiger partial charge < -0.3 is 15.5 Å². The average molecular weight is 421 g/mol. The molecule has 29 heavy (non-hydrogen) atoms. The fourth-order valence-electron chi connectivity index (χ4n) is 3.54. The zero-order valence-corrected chi connectivity index (χ0v) is 17.8. The maximum atomic E-state index is 12.6. The van der Waals surface area contributed by atoms with Crippen molar-refractivity contribution in [1.82, 2.24) is 15.5 Å². The average Bonchev–Trinajstić information content (AvgIpc) is 2.99. The first-order valence-corrected chi connectivity index (χ1v) is 11.5. The van der Waals surface area contributed by atoms with Crippen LogP contribution in [-0.2, 0) is 19.6 Å². The number of amides is 2. The summed E-state index contributed by atoms with van der Waals surface area (Å²) in [6, 6.07) is 6.27. The minimum Gasteiger partial charge on any atom is -0.355 e. The van der Waals surface area contributed by atoms with E-state index in [0.29, 0.717) is 37.3 Å². The maximum Gasteiger partial charge on any atom is 0.285 e. The molecular formula is C20H28N4O4S. The van der Waals surface area contributed by atoms with E-state index in [9.17, 15) is 18.0 Å². The molecule has 1 aromatic rings. The third-order valence-corrected chi connectivity index (χ3v) is 6.86. The molecule has 0 spiro atoms. The van der Waals surface area contributed by atoms with Crippen LogP contribution < -0.4 is 10.6 Å². The quantitative estimate of drug-likeness (QED) is 0.746. The van der Waals surface area contributed by atoms with Crippen molar-refractivity contribution < 1.29 is 18.0 Å². The van der Waals surface area contributed by atoms with Crippen LogP contribution in [0, 0.1) is 5.92 Å². The van der Waals surface area contributed by atoms with E-state index in [1.54, 1.807) is 31.2 Å². The van der Waals surface area contributed by atoms with Crippen LogP contribution in [0.4, 0.5) is 0 Å². The van der Waals surface area contributed by atoms with Gasteiger partial charge in [0.05, 0.1) is 0 Å². The Morgan fingerprint density at radius 2 is 1.83 bits per heavy atom. The maximum absolute atomic E-state index is 12.6. The number of likely N-dealkylation sites (tertiary alicyclic amines) is 1. The fraction of sp³-hybridized carbons (Fsp3) is 0.550. The molecule has 2 aliphatic heterocycles. The Bertz CT molecular complexity index is 920. The molecule has 2 heterocycles. The molecule has 9 heteroatoms. The van der Waals surface area contributed by atoms with Gasteiger partial charge in [0.15, 0.2) is 5.84 Å². The number of rotatable bonds is 5. The highest BCUT2D eigenvalue weighted by atomic mass is 32.2. The van der Waals surface area contributed by atoms with Crippen molar-refractivity contribution in [3.63, 3.8) is 0 Å². The van der Waals surface area contributed by atoms with Crippen molar-refractivity contribution in [3.8, 4) is 0 Å². The van der Waals surface area contributed by atoms with Gasteiger partial charge in [0.1, 0.15) is 10.9 Å². The second kappa shape index (κ2) is 8.52. The summed E-state index contributed by atoms with van der Waals surface area (Å²) >= 11 is 0. The number of nitrogens with one attached hydrogen (secondary N) is 2. The van der Waals surface area contributed by atoms with E-state index in [1.807, 2.05) is 18.7 Å². The molecule has 1 saturated heterocycles. The summed E-state index contributed by atoms with van der Waals surface area (Å²) in [5, 5.41) is 5.66. The number of carbonyl (C=O) groups is 2. The molecule has 1 fully saturated rings. The van der Waals surface area contributed by atoms with Gasteiger partial charge >= 0.3 is 0 Å². The summed E-state index contributed by atoms with van der Waals surface area (Å²) in [5.41, 5.74) is 0.616. The zero-order valence-electron chi connectivity index (χ0n) is 17.0. The molecule has 2 unspecified atom stereocenters. The van der Waals surface area contributed by atoms with Crippen molar-refractivity contribution in [3.05, 3.63) is 29.8 Å². The summed E-state index contributed by atoms with van der Waals surface area (Å²) in [7, 11) is -3.65. The molecule has 2 N–H and O–H groups in total. The molecule has 0 saturated carbocycles. The lowest BCUT2D eigenvalue weighted by Gasteiger charge is -2.33. The second-order valence-electron chi connectivity index (χ2n) is 7.70. The normalized spacial score (nSPS) is 20.4. The van der Waals surface area contributed by atoms with Gasteiger partial charge in [-0.1, -0.05) is 19.1 Å². The number of piperidine rings is 1. The predicted molar refractivity (Wildman–Crippen MR) is 110 cm³/mol. The summed E-state index contributed by atoms with van der Waals surface area (Å²) in [6.07, 6.45) is 1.98. The van der Waals surface area contributed by atoms with Crippen molar-refractivity contribution in [1.29, 1.82) is 0 Å². The third-order valence-electron chi connectivity index (χ3n) is 5.53. The van der Waals surface area contributed by atoms with Crippen LogP contribution in [-0.4, -0.2) is 56.1 Å². The Morgan fingerprint density at radius 3 is 2.48 bits per heavy atom. The Morgan fingerprint density at radius 1 is 1.17 bits per heavy atom. The summed E-state index contributed by atoms with van der Waals surface area (Å²) in [6.45, 7) is 6.66. The van der Waals surface area contributed by atoms with Gasteiger partial charge in [-0.3, -0.25) is 9.59 Å². The minimum absolute atomic E-state index is 0.0661. The van der Waals surface area contributed by atoms with E-state index in [1.165, 1.54) is 0 Å². The van der Waals surface area contributed by atoms with Crippen LogP contribution in [0.25, 0.3) is 0 Å². The molecule has 2 aliphatic rings. The summed E-state index contributed by atoms with van der Waals surface area (Å²) < 4.78 is 28.4. The van der Waals surface area contributed by atoms with Crippen LogP contribution >= 0.6 is 0 Å². The topological polar surface area (TPSA) is 108 Å². The fourth-order valence-corrected chi connectivity index (χ4v) is 4.76. The number of amidine groups is 1. The monoisotopic (exact) mass is 420 g/mol. The highest BCUT2D eigenvalue weighted by Crippen LogP contribution is 2.29. The van der Waals surface area contributed by atoms with Crippen LogP contribution in [0.5, 0.6) is 0 Å². The van der Waals surface area contributed by atoms with Crippen LogP contribution in [0.3, 0.4) is 0 Å². The van der Waals surface area contributed by atoms with E-state index in [-0.39, 0.29) is 28.7 Å². The number of hydrogen-bond donors (Lipinski definition) is 2. The third kappa shape index (κ3) is 4.60. The zero-order chi connectivity index (χ0) is 21.2. The van der Waals surface area contributed by atoms with Crippen LogP contribution in [0.1, 0.15) is 45.6 Å². The number of fused-ring (bicyclic) bond motifs is 1. The molecule has 2 atom stereocenters. The molecule has 1 aromatic carbocycles. The number of carbonyl (C=O) groups excluding carboxylic acids is 2. The highest BCUT2D eigenvalue weighted by Gasteiger charge is 2.34. The summed E-state index contributed by atoms with van der Waals surface area (Å²) in [5.74, 6) is -0.0789. The molecule has 2 amide bonds. The lowest BCUT2D eigenvalue weighted by molar-refractivity contribution is -0.131. The van der Waals surface area contributed by atoms with Gasteiger partial charge in [-0.05, 0) is 45.2 Å². The second-order valence-corrected chi connectivity index (χ2v) is 9.27.